The maximum Gasteiger partial charge on any atom is 0.318 e. The van der Waals surface area contributed by atoms with Crippen LogP contribution in [-0.4, -0.2) is 28.3 Å². The summed E-state index contributed by atoms with van der Waals surface area (Å²) in [6.45, 7) is 1.74. The molecule has 5 nitrogen and oxygen atoms in total. The molecule has 0 aromatic carbocycles. The Morgan fingerprint density at radius 2 is 2.35 bits per heavy atom. The summed E-state index contributed by atoms with van der Waals surface area (Å²) in [7, 11) is 1.36. The standard InChI is InChI=1S/C10H11N3O2S2/c1-5(9(14)15-2)17-10-12-7(11)6-3-4-16-8(6)13-10/h3-5H,1-2H3,(H2,11,12,13)/t5-/m0/s1. The van der Waals surface area contributed by atoms with E-state index in [1.165, 1.54) is 30.2 Å². The van der Waals surface area contributed by atoms with E-state index in [2.05, 4.69) is 14.7 Å². The molecule has 0 fully saturated rings. The highest BCUT2D eigenvalue weighted by Gasteiger charge is 2.17. The van der Waals surface area contributed by atoms with Crippen molar-refractivity contribution in [1.82, 2.24) is 9.97 Å². The Morgan fingerprint density at radius 3 is 3.06 bits per heavy atom. The molecular formula is C10H11N3O2S2. The summed E-state index contributed by atoms with van der Waals surface area (Å²) in [6.07, 6.45) is 0. The largest absolute Gasteiger partial charge is 0.468 e. The lowest BCUT2D eigenvalue weighted by Crippen LogP contribution is -2.15. The fourth-order valence-corrected chi connectivity index (χ4v) is 2.92. The number of ether oxygens (including phenoxy) is 1. The Bertz CT molecular complexity index is 555. The van der Waals surface area contributed by atoms with Crippen LogP contribution in [0.4, 0.5) is 5.82 Å². The smallest absolute Gasteiger partial charge is 0.318 e. The van der Waals surface area contributed by atoms with Gasteiger partial charge in [0.15, 0.2) is 5.16 Å². The van der Waals surface area contributed by atoms with E-state index in [0.29, 0.717) is 11.0 Å². The minimum atomic E-state index is -0.350. The van der Waals surface area contributed by atoms with Gasteiger partial charge in [-0.15, -0.1) is 11.3 Å². The van der Waals surface area contributed by atoms with Gasteiger partial charge in [0, 0.05) is 0 Å². The second-order valence-corrected chi connectivity index (χ2v) is 5.52. The van der Waals surface area contributed by atoms with E-state index in [9.17, 15) is 4.79 Å². The molecule has 0 aliphatic carbocycles. The van der Waals surface area contributed by atoms with Crippen LogP contribution < -0.4 is 5.73 Å². The maximum absolute atomic E-state index is 11.3. The molecule has 90 valence electrons. The molecule has 17 heavy (non-hydrogen) atoms. The molecule has 7 heteroatoms. The Hall–Kier alpha value is -1.34. The summed E-state index contributed by atoms with van der Waals surface area (Å²) >= 11 is 2.73. The summed E-state index contributed by atoms with van der Waals surface area (Å²) in [5, 5.41) is 2.91. The Balaban J connectivity index is 2.27. The molecule has 0 saturated carbocycles. The third-order valence-electron chi connectivity index (χ3n) is 2.15. The molecule has 1 atom stereocenters. The zero-order valence-corrected chi connectivity index (χ0v) is 11.0. The van der Waals surface area contributed by atoms with E-state index in [4.69, 9.17) is 5.73 Å². The second kappa shape index (κ2) is 4.89. The first-order chi connectivity index (χ1) is 8.11. The number of hydrogen-bond donors (Lipinski definition) is 1. The second-order valence-electron chi connectivity index (χ2n) is 3.31. The highest BCUT2D eigenvalue weighted by Crippen LogP contribution is 2.28. The minimum absolute atomic E-state index is 0.302. The third-order valence-corrected chi connectivity index (χ3v) is 3.90. The van der Waals surface area contributed by atoms with E-state index in [1.54, 1.807) is 6.92 Å². The highest BCUT2D eigenvalue weighted by atomic mass is 32.2. The molecule has 0 amide bonds. The zero-order valence-electron chi connectivity index (χ0n) is 9.34. The van der Waals surface area contributed by atoms with Crippen LogP contribution in [0, 0.1) is 0 Å². The molecule has 0 spiro atoms. The number of nitrogens with two attached hydrogens (primary N) is 1. The van der Waals surface area contributed by atoms with Crippen molar-refractivity contribution in [2.75, 3.05) is 12.8 Å². The van der Waals surface area contributed by atoms with Gasteiger partial charge in [-0.1, -0.05) is 11.8 Å². The molecule has 0 aliphatic heterocycles. The normalized spacial score (nSPS) is 12.6. The molecule has 0 radical (unpaired) electrons. The van der Waals surface area contributed by atoms with Gasteiger partial charge >= 0.3 is 5.97 Å². The lowest BCUT2D eigenvalue weighted by molar-refractivity contribution is -0.139. The number of thioether (sulfide) groups is 1. The zero-order chi connectivity index (χ0) is 12.4. The predicted molar refractivity (Wildman–Crippen MR) is 69.2 cm³/mol. The van der Waals surface area contributed by atoms with Gasteiger partial charge in [0.1, 0.15) is 15.9 Å². The molecule has 2 heterocycles. The molecular weight excluding hydrogens is 258 g/mol. The number of esters is 1. The molecule has 2 aromatic rings. The number of fused-ring (bicyclic) bond motifs is 1. The number of carbonyl (C=O) groups excluding carboxylic acids is 1. The molecule has 0 saturated heterocycles. The van der Waals surface area contributed by atoms with E-state index in [0.717, 1.165) is 10.2 Å². The topological polar surface area (TPSA) is 78.1 Å². The summed E-state index contributed by atoms with van der Waals surface area (Å²) in [5.74, 6) is 0.138. The van der Waals surface area contributed by atoms with Crippen LogP contribution in [0.2, 0.25) is 0 Å². The third kappa shape index (κ3) is 2.50. The average molecular weight is 269 g/mol. The van der Waals surface area contributed by atoms with Crippen molar-refractivity contribution in [3.05, 3.63) is 11.4 Å². The van der Waals surface area contributed by atoms with Crippen LogP contribution in [0.15, 0.2) is 16.6 Å². The van der Waals surface area contributed by atoms with E-state index >= 15 is 0 Å². The van der Waals surface area contributed by atoms with Crippen LogP contribution >= 0.6 is 23.1 Å². The lowest BCUT2D eigenvalue weighted by Gasteiger charge is -2.07. The predicted octanol–water partition coefficient (Wildman–Crippen LogP) is 1.93. The molecule has 0 bridgehead atoms. The summed E-state index contributed by atoms with van der Waals surface area (Å²) in [5.41, 5.74) is 5.81. The first-order valence-electron chi connectivity index (χ1n) is 4.87. The fraction of sp³-hybridized carbons (Fsp3) is 0.300. The Morgan fingerprint density at radius 1 is 1.59 bits per heavy atom. The highest BCUT2D eigenvalue weighted by molar-refractivity contribution is 8.00. The fourth-order valence-electron chi connectivity index (χ4n) is 1.28. The van der Waals surface area contributed by atoms with E-state index in [1.807, 2.05) is 11.4 Å². The van der Waals surface area contributed by atoms with Gasteiger partial charge in [0.25, 0.3) is 0 Å². The average Bonchev–Trinajstić information content (AvgIpc) is 2.76. The first-order valence-corrected chi connectivity index (χ1v) is 6.63. The van der Waals surface area contributed by atoms with Gasteiger partial charge < -0.3 is 10.5 Å². The number of hydrogen-bond acceptors (Lipinski definition) is 7. The molecule has 2 N–H and O–H groups in total. The van der Waals surface area contributed by atoms with E-state index < -0.39 is 0 Å². The maximum atomic E-state index is 11.3. The van der Waals surface area contributed by atoms with Crippen molar-refractivity contribution in [3.63, 3.8) is 0 Å². The number of thiophene rings is 1. The lowest BCUT2D eigenvalue weighted by atomic mass is 10.4. The van der Waals surface area contributed by atoms with E-state index in [-0.39, 0.29) is 11.2 Å². The summed E-state index contributed by atoms with van der Waals surface area (Å²) < 4.78 is 4.64. The van der Waals surface area contributed by atoms with Crippen molar-refractivity contribution in [2.45, 2.75) is 17.3 Å². The SMILES string of the molecule is COC(=O)[C@H](C)Sc1nc(N)c2ccsc2n1. The van der Waals surface area contributed by atoms with Crippen LogP contribution in [0.5, 0.6) is 0 Å². The number of carbonyl (C=O) groups is 1. The number of methoxy groups -OCH3 is 1. The van der Waals surface area contributed by atoms with Gasteiger partial charge in [-0.3, -0.25) is 4.79 Å². The molecule has 0 aliphatic rings. The van der Waals surface area contributed by atoms with Gasteiger partial charge in [-0.05, 0) is 18.4 Å². The van der Waals surface area contributed by atoms with Crippen LogP contribution in [0.1, 0.15) is 6.92 Å². The quantitative estimate of drug-likeness (QED) is 0.521. The number of anilines is 1. The first kappa shape index (κ1) is 12.1. The summed E-state index contributed by atoms with van der Waals surface area (Å²) in [6, 6.07) is 1.88. The van der Waals surface area contributed by atoms with Gasteiger partial charge in [-0.25, -0.2) is 9.97 Å². The number of nitrogens with zero attached hydrogens (tertiary/aromatic N) is 2. The van der Waals surface area contributed by atoms with Gasteiger partial charge in [0.2, 0.25) is 0 Å². The Kier molecular flexibility index (Phi) is 3.49. The monoisotopic (exact) mass is 269 g/mol. The number of rotatable bonds is 3. The van der Waals surface area contributed by atoms with Gasteiger partial charge in [0.05, 0.1) is 12.5 Å². The van der Waals surface area contributed by atoms with Crippen LogP contribution in [0.3, 0.4) is 0 Å². The minimum Gasteiger partial charge on any atom is -0.468 e. The van der Waals surface area contributed by atoms with Crippen molar-refractivity contribution in [2.24, 2.45) is 0 Å². The van der Waals surface area contributed by atoms with Crippen molar-refractivity contribution in [1.29, 1.82) is 0 Å². The van der Waals surface area contributed by atoms with Gasteiger partial charge in [-0.2, -0.15) is 0 Å². The van der Waals surface area contributed by atoms with Crippen LogP contribution in [-0.2, 0) is 9.53 Å². The summed E-state index contributed by atoms with van der Waals surface area (Å²) in [4.78, 5) is 20.6. The number of aromatic nitrogens is 2. The van der Waals surface area contributed by atoms with Crippen molar-refractivity contribution >= 4 is 45.1 Å². The molecule has 2 rings (SSSR count). The number of nitrogen functional groups attached to an aromatic ring is 1. The molecule has 2 aromatic heterocycles. The molecule has 0 unspecified atom stereocenters. The van der Waals surface area contributed by atoms with Crippen LogP contribution in [0.25, 0.3) is 10.2 Å². The van der Waals surface area contributed by atoms with Crippen molar-refractivity contribution < 1.29 is 9.53 Å². The van der Waals surface area contributed by atoms with Crippen molar-refractivity contribution in [3.8, 4) is 0 Å². The Labute approximate surface area is 106 Å².